The van der Waals surface area contributed by atoms with Crippen molar-refractivity contribution in [2.45, 2.75) is 0 Å². The summed E-state index contributed by atoms with van der Waals surface area (Å²) >= 11 is 0. The number of carboxylic acid groups (broad SMARTS) is 1. The Hall–Kier alpha value is -0.620. The molecule has 0 amide bonds. The maximum absolute atomic E-state index is 9.89. The summed E-state index contributed by atoms with van der Waals surface area (Å²) in [7, 11) is -2.39. The molecular weight excluding hydrogens is 158 g/mol. The summed E-state index contributed by atoms with van der Waals surface area (Å²) < 4.78 is 19.8. The molecule has 0 aromatic heterocycles. The topological polar surface area (TPSA) is 83.5 Å². The van der Waals surface area contributed by atoms with Gasteiger partial charge < -0.3 is 10.4 Å². The van der Waals surface area contributed by atoms with Crippen LogP contribution >= 0.6 is 0 Å². The molecule has 6 heteroatoms. The molecule has 0 saturated heterocycles. The smallest absolute Gasteiger partial charge is 0.317 e. The highest BCUT2D eigenvalue weighted by molar-refractivity contribution is 7.72. The van der Waals surface area contributed by atoms with Crippen molar-refractivity contribution in [3.05, 3.63) is 0 Å². The third-order valence-electron chi connectivity index (χ3n) is 0.747. The van der Waals surface area contributed by atoms with E-state index in [9.17, 15) is 13.2 Å². The van der Waals surface area contributed by atoms with E-state index in [0.29, 0.717) is 0 Å². The van der Waals surface area contributed by atoms with Gasteiger partial charge in [-0.15, -0.1) is 0 Å². The van der Waals surface area contributed by atoms with Crippen molar-refractivity contribution < 1.29 is 18.3 Å². The minimum absolute atomic E-state index is 0.0113. The van der Waals surface area contributed by atoms with Gasteiger partial charge in [0.15, 0.2) is 0 Å². The molecule has 0 rings (SSSR count). The molecule has 5 nitrogen and oxygen atoms in total. The van der Waals surface area contributed by atoms with Gasteiger partial charge in [0.1, 0.15) is 10.7 Å². The lowest BCUT2D eigenvalue weighted by Crippen LogP contribution is -2.25. The molecule has 60 valence electrons. The van der Waals surface area contributed by atoms with E-state index < -0.39 is 16.7 Å². The van der Waals surface area contributed by atoms with Crippen LogP contribution in [0.25, 0.3) is 0 Å². The largest absolute Gasteiger partial charge is 0.480 e. The van der Waals surface area contributed by atoms with E-state index in [1.807, 2.05) is 0 Å². The summed E-state index contributed by atoms with van der Waals surface area (Å²) in [6.45, 7) is 0.00811. The highest BCUT2D eigenvalue weighted by atomic mass is 32.2. The number of rotatable bonds is 5. The SMILES string of the molecule is O=C(O)CNCC[SH](=O)=O. The Morgan fingerprint density at radius 1 is 1.50 bits per heavy atom. The second-order valence-electron chi connectivity index (χ2n) is 1.63. The van der Waals surface area contributed by atoms with Crippen molar-refractivity contribution in [3.63, 3.8) is 0 Å². The number of nitrogens with one attached hydrogen (secondary N) is 1. The molecule has 0 radical (unpaired) electrons. The van der Waals surface area contributed by atoms with Crippen LogP contribution in [0.4, 0.5) is 0 Å². The third kappa shape index (κ3) is 7.38. The molecular formula is C4H9NO4S. The molecule has 0 aromatic carbocycles. The van der Waals surface area contributed by atoms with Crippen molar-refractivity contribution in [2.75, 3.05) is 18.8 Å². The molecule has 0 fully saturated rings. The fourth-order valence-electron chi connectivity index (χ4n) is 0.366. The Morgan fingerprint density at radius 3 is 2.50 bits per heavy atom. The first-order chi connectivity index (χ1) is 4.63. The van der Waals surface area contributed by atoms with Crippen LogP contribution in [-0.2, 0) is 15.5 Å². The first kappa shape index (κ1) is 9.38. The zero-order valence-electron chi connectivity index (χ0n) is 5.24. The maximum atomic E-state index is 9.89. The van der Waals surface area contributed by atoms with Crippen molar-refractivity contribution >= 4 is 16.7 Å². The van der Waals surface area contributed by atoms with E-state index in [0.717, 1.165) is 0 Å². The second kappa shape index (κ2) is 5.19. The van der Waals surface area contributed by atoms with Gasteiger partial charge in [-0.25, -0.2) is 8.42 Å². The molecule has 10 heavy (non-hydrogen) atoms. The highest BCUT2D eigenvalue weighted by Gasteiger charge is 1.93. The predicted molar refractivity (Wildman–Crippen MR) is 35.7 cm³/mol. The van der Waals surface area contributed by atoms with Gasteiger partial charge in [-0.05, 0) is 0 Å². The van der Waals surface area contributed by atoms with Crippen LogP contribution in [0.3, 0.4) is 0 Å². The van der Waals surface area contributed by atoms with Gasteiger partial charge >= 0.3 is 5.97 Å². The van der Waals surface area contributed by atoms with E-state index >= 15 is 0 Å². The predicted octanol–water partition coefficient (Wildman–Crippen LogP) is -1.73. The fraction of sp³-hybridized carbons (Fsp3) is 0.750. The molecule has 2 N–H and O–H groups in total. The Kier molecular flexibility index (Phi) is 4.87. The van der Waals surface area contributed by atoms with Gasteiger partial charge in [-0.1, -0.05) is 0 Å². The maximum Gasteiger partial charge on any atom is 0.317 e. The van der Waals surface area contributed by atoms with E-state index in [1.165, 1.54) is 0 Å². The zero-order valence-corrected chi connectivity index (χ0v) is 6.13. The summed E-state index contributed by atoms with van der Waals surface area (Å²) in [4.78, 5) is 9.83. The molecule has 0 heterocycles. The normalized spacial score (nSPS) is 10.1. The summed E-state index contributed by atoms with van der Waals surface area (Å²) in [5.74, 6) is -0.996. The minimum atomic E-state index is -2.39. The standard InChI is InChI=1S/C4H9NO4S/c6-4(7)3-5-1-2-10(8)9/h5,10H,1-3H2,(H,6,7). The van der Waals surface area contributed by atoms with Gasteiger partial charge in [0.25, 0.3) is 0 Å². The summed E-state index contributed by atoms with van der Waals surface area (Å²) in [6, 6.07) is 0. The minimum Gasteiger partial charge on any atom is -0.480 e. The Morgan fingerprint density at radius 2 is 2.10 bits per heavy atom. The molecule has 0 atom stereocenters. The number of thiol groups is 1. The Balaban J connectivity index is 3.13. The summed E-state index contributed by atoms with van der Waals surface area (Å²) in [5, 5.41) is 10.5. The first-order valence-corrected chi connectivity index (χ1v) is 4.03. The number of aliphatic carboxylic acids is 1. The Bertz CT molecular complexity index is 168. The van der Waals surface area contributed by atoms with E-state index in [2.05, 4.69) is 5.32 Å². The third-order valence-corrected chi connectivity index (χ3v) is 1.34. The van der Waals surface area contributed by atoms with Crippen molar-refractivity contribution in [1.29, 1.82) is 0 Å². The molecule has 0 bridgehead atoms. The van der Waals surface area contributed by atoms with Crippen LogP contribution in [0, 0.1) is 0 Å². The fourth-order valence-corrected chi connectivity index (χ4v) is 0.706. The lowest BCUT2D eigenvalue weighted by molar-refractivity contribution is -0.135. The van der Waals surface area contributed by atoms with E-state index in [4.69, 9.17) is 5.11 Å². The van der Waals surface area contributed by atoms with E-state index in [-0.39, 0.29) is 18.8 Å². The van der Waals surface area contributed by atoms with Crippen LogP contribution in [0.1, 0.15) is 0 Å². The lowest BCUT2D eigenvalue weighted by Gasteiger charge is -1.94. The number of hydrogen-bond acceptors (Lipinski definition) is 4. The summed E-state index contributed by atoms with van der Waals surface area (Å²) in [6.07, 6.45) is 0. The van der Waals surface area contributed by atoms with Gasteiger partial charge in [-0.3, -0.25) is 4.79 Å². The summed E-state index contributed by atoms with van der Waals surface area (Å²) in [5.41, 5.74) is 0. The van der Waals surface area contributed by atoms with Crippen molar-refractivity contribution in [3.8, 4) is 0 Å². The number of hydrogen-bond donors (Lipinski definition) is 3. The van der Waals surface area contributed by atoms with E-state index in [1.54, 1.807) is 0 Å². The monoisotopic (exact) mass is 167 g/mol. The van der Waals surface area contributed by atoms with Gasteiger partial charge in [0, 0.05) is 6.54 Å². The lowest BCUT2D eigenvalue weighted by atomic mass is 10.6. The number of carbonyl (C=O) groups is 1. The van der Waals surface area contributed by atoms with Crippen LogP contribution in [0.2, 0.25) is 0 Å². The Labute approximate surface area is 60.0 Å². The van der Waals surface area contributed by atoms with Gasteiger partial charge in [-0.2, -0.15) is 0 Å². The van der Waals surface area contributed by atoms with Crippen molar-refractivity contribution in [2.24, 2.45) is 0 Å². The van der Waals surface area contributed by atoms with Crippen LogP contribution < -0.4 is 5.32 Å². The van der Waals surface area contributed by atoms with Crippen molar-refractivity contribution in [1.82, 2.24) is 5.32 Å². The van der Waals surface area contributed by atoms with Crippen LogP contribution in [-0.4, -0.2) is 38.3 Å². The first-order valence-electron chi connectivity index (χ1n) is 2.67. The van der Waals surface area contributed by atoms with Crippen LogP contribution in [0.5, 0.6) is 0 Å². The van der Waals surface area contributed by atoms with Crippen LogP contribution in [0.15, 0.2) is 0 Å². The average Bonchev–Trinajstić information content (AvgIpc) is 1.79. The van der Waals surface area contributed by atoms with Gasteiger partial charge in [0.05, 0.1) is 12.3 Å². The molecule has 0 aliphatic carbocycles. The molecule has 0 spiro atoms. The van der Waals surface area contributed by atoms with Gasteiger partial charge in [0.2, 0.25) is 0 Å². The molecule has 0 aliphatic heterocycles. The molecule has 0 saturated carbocycles. The molecule has 0 aliphatic rings. The average molecular weight is 167 g/mol. The second-order valence-corrected chi connectivity index (χ2v) is 2.74. The molecule has 0 unspecified atom stereocenters. The molecule has 0 aromatic rings. The number of carboxylic acids is 1. The quantitative estimate of drug-likeness (QED) is 0.335. The highest BCUT2D eigenvalue weighted by Crippen LogP contribution is 1.64. The zero-order chi connectivity index (χ0) is 7.98.